The van der Waals surface area contributed by atoms with Gasteiger partial charge in [-0.1, -0.05) is 36.4 Å². The van der Waals surface area contributed by atoms with Gasteiger partial charge in [0.05, 0.1) is 22.8 Å². The Morgan fingerprint density at radius 3 is 2.55 bits per heavy atom. The molecule has 4 nitrogen and oxygen atoms in total. The van der Waals surface area contributed by atoms with Crippen molar-refractivity contribution >= 4 is 16.8 Å². The van der Waals surface area contributed by atoms with Gasteiger partial charge in [-0.25, -0.2) is 9.07 Å². The molecule has 4 aromatic rings. The van der Waals surface area contributed by atoms with Gasteiger partial charge >= 0.3 is 0 Å². The van der Waals surface area contributed by atoms with E-state index in [4.69, 9.17) is 0 Å². The molecule has 0 bridgehead atoms. The summed E-state index contributed by atoms with van der Waals surface area (Å²) in [7, 11) is 0. The second kappa shape index (κ2) is 6.85. The number of amides is 1. The largest absolute Gasteiger partial charge is 0.355 e. The molecular formula is C24H20FN3O. The van der Waals surface area contributed by atoms with Crippen molar-refractivity contribution in [2.45, 2.75) is 18.3 Å². The molecule has 1 N–H and O–H groups in total. The summed E-state index contributed by atoms with van der Waals surface area (Å²) >= 11 is 0. The van der Waals surface area contributed by atoms with E-state index in [2.05, 4.69) is 28.6 Å². The van der Waals surface area contributed by atoms with Crippen molar-refractivity contribution < 1.29 is 9.18 Å². The molecular weight excluding hydrogens is 365 g/mol. The molecule has 144 valence electrons. The van der Waals surface area contributed by atoms with Crippen LogP contribution in [0.3, 0.4) is 0 Å². The maximum absolute atomic E-state index is 13.3. The average molecular weight is 385 g/mol. The van der Waals surface area contributed by atoms with E-state index in [0.717, 1.165) is 34.1 Å². The number of nitrogens with one attached hydrogen (secondary N) is 1. The summed E-state index contributed by atoms with van der Waals surface area (Å²) < 4.78 is 15.0. The number of hydrogen-bond donors (Lipinski definition) is 1. The van der Waals surface area contributed by atoms with Gasteiger partial charge in [-0.15, -0.1) is 0 Å². The van der Waals surface area contributed by atoms with Gasteiger partial charge in [0, 0.05) is 11.9 Å². The van der Waals surface area contributed by atoms with Crippen molar-refractivity contribution in [1.82, 2.24) is 15.1 Å². The second-order valence-electron chi connectivity index (χ2n) is 7.56. The molecule has 29 heavy (non-hydrogen) atoms. The van der Waals surface area contributed by atoms with Crippen molar-refractivity contribution in [1.29, 1.82) is 0 Å². The SMILES string of the molecule is O=C1NCCC1(Cc1ccccc1)c1ccc2c(cnn2-c2ccc(F)cc2)c1. The van der Waals surface area contributed by atoms with Crippen LogP contribution in [0.25, 0.3) is 16.6 Å². The number of aromatic nitrogens is 2. The first-order chi connectivity index (χ1) is 14.2. The number of carbonyl (C=O) groups excluding carboxylic acids is 1. The van der Waals surface area contributed by atoms with Crippen LogP contribution in [0.1, 0.15) is 17.5 Å². The van der Waals surface area contributed by atoms with Gasteiger partial charge in [-0.2, -0.15) is 5.10 Å². The predicted octanol–water partition coefficient (Wildman–Crippen LogP) is 4.17. The average Bonchev–Trinajstić information content (AvgIpc) is 3.33. The molecule has 0 spiro atoms. The molecule has 1 aliphatic heterocycles. The van der Waals surface area contributed by atoms with Crippen molar-refractivity contribution in [3.63, 3.8) is 0 Å². The van der Waals surface area contributed by atoms with Crippen LogP contribution in [0, 0.1) is 5.82 Å². The first kappa shape index (κ1) is 17.6. The molecule has 1 unspecified atom stereocenters. The van der Waals surface area contributed by atoms with E-state index < -0.39 is 5.41 Å². The molecule has 1 aliphatic rings. The van der Waals surface area contributed by atoms with E-state index in [1.807, 2.05) is 30.3 Å². The quantitative estimate of drug-likeness (QED) is 0.573. The van der Waals surface area contributed by atoms with E-state index >= 15 is 0 Å². The Bertz CT molecular complexity index is 1180. The molecule has 1 atom stereocenters. The molecule has 3 aromatic carbocycles. The molecule has 1 amide bonds. The van der Waals surface area contributed by atoms with Gasteiger partial charge in [0.2, 0.25) is 5.91 Å². The zero-order valence-corrected chi connectivity index (χ0v) is 15.8. The highest BCUT2D eigenvalue weighted by molar-refractivity contribution is 5.92. The number of benzene rings is 3. The van der Waals surface area contributed by atoms with E-state index in [9.17, 15) is 9.18 Å². The van der Waals surface area contributed by atoms with Crippen molar-refractivity contribution in [3.05, 3.63) is 95.9 Å². The normalized spacial score (nSPS) is 18.9. The lowest BCUT2D eigenvalue weighted by atomic mass is 9.74. The second-order valence-corrected chi connectivity index (χ2v) is 7.56. The maximum Gasteiger partial charge on any atom is 0.231 e. The van der Waals surface area contributed by atoms with Crippen LogP contribution in [-0.4, -0.2) is 22.2 Å². The van der Waals surface area contributed by atoms with E-state index in [1.54, 1.807) is 23.0 Å². The first-order valence-corrected chi connectivity index (χ1v) is 9.72. The van der Waals surface area contributed by atoms with Crippen LogP contribution in [-0.2, 0) is 16.6 Å². The molecule has 0 aliphatic carbocycles. The van der Waals surface area contributed by atoms with Crippen molar-refractivity contribution in [2.75, 3.05) is 6.54 Å². The Kier molecular flexibility index (Phi) is 4.16. The summed E-state index contributed by atoms with van der Waals surface area (Å²) in [6.07, 6.45) is 3.22. The minimum absolute atomic E-state index is 0.0756. The molecule has 5 heteroatoms. The lowest BCUT2D eigenvalue weighted by Crippen LogP contribution is -2.37. The highest BCUT2D eigenvalue weighted by atomic mass is 19.1. The van der Waals surface area contributed by atoms with Gasteiger partial charge in [-0.05, 0) is 60.4 Å². The fourth-order valence-electron chi connectivity index (χ4n) is 4.28. The fraction of sp³-hybridized carbons (Fsp3) is 0.167. The van der Waals surface area contributed by atoms with Crippen molar-refractivity contribution in [2.24, 2.45) is 0 Å². The van der Waals surface area contributed by atoms with E-state index in [1.165, 1.54) is 12.1 Å². The van der Waals surface area contributed by atoms with Crippen LogP contribution < -0.4 is 5.32 Å². The number of carbonyl (C=O) groups is 1. The number of nitrogens with zero attached hydrogens (tertiary/aromatic N) is 2. The molecule has 1 aromatic heterocycles. The maximum atomic E-state index is 13.3. The van der Waals surface area contributed by atoms with Crippen LogP contribution in [0.2, 0.25) is 0 Å². The number of hydrogen-bond acceptors (Lipinski definition) is 2. The van der Waals surface area contributed by atoms with Crippen LogP contribution >= 0.6 is 0 Å². The molecule has 2 heterocycles. The number of fused-ring (bicyclic) bond motifs is 1. The highest BCUT2D eigenvalue weighted by Crippen LogP contribution is 2.37. The Morgan fingerprint density at radius 2 is 1.83 bits per heavy atom. The summed E-state index contributed by atoms with van der Waals surface area (Å²) in [6, 6.07) is 22.5. The Balaban J connectivity index is 1.58. The first-order valence-electron chi connectivity index (χ1n) is 9.72. The zero-order chi connectivity index (χ0) is 19.8. The monoisotopic (exact) mass is 385 g/mol. The standard InChI is InChI=1S/C24H20FN3O/c25-20-7-9-21(10-8-20)28-22-11-6-19(14-18(22)16-27-28)24(12-13-26-23(24)29)15-17-4-2-1-3-5-17/h1-11,14,16H,12-13,15H2,(H,26,29). The summed E-state index contributed by atoms with van der Waals surface area (Å²) in [5.74, 6) is -0.200. The minimum atomic E-state index is -0.576. The molecule has 0 saturated carbocycles. The summed E-state index contributed by atoms with van der Waals surface area (Å²) in [4.78, 5) is 12.9. The zero-order valence-electron chi connectivity index (χ0n) is 15.8. The van der Waals surface area contributed by atoms with Crippen LogP contribution in [0.4, 0.5) is 4.39 Å². The number of rotatable bonds is 4. The topological polar surface area (TPSA) is 46.9 Å². The third-order valence-corrected chi connectivity index (χ3v) is 5.81. The molecule has 0 radical (unpaired) electrons. The minimum Gasteiger partial charge on any atom is -0.355 e. The lowest BCUT2D eigenvalue weighted by molar-refractivity contribution is -0.124. The smallest absolute Gasteiger partial charge is 0.231 e. The fourth-order valence-corrected chi connectivity index (χ4v) is 4.28. The van der Waals surface area contributed by atoms with Crippen LogP contribution in [0.5, 0.6) is 0 Å². The Hall–Kier alpha value is -3.47. The molecule has 1 fully saturated rings. The third-order valence-electron chi connectivity index (χ3n) is 5.81. The van der Waals surface area contributed by atoms with E-state index in [-0.39, 0.29) is 11.7 Å². The summed E-state index contributed by atoms with van der Waals surface area (Å²) in [5.41, 5.74) is 3.29. The highest BCUT2D eigenvalue weighted by Gasteiger charge is 2.44. The van der Waals surface area contributed by atoms with Gasteiger partial charge in [0.15, 0.2) is 0 Å². The number of halogens is 1. The molecule has 1 saturated heterocycles. The third kappa shape index (κ3) is 2.99. The molecule has 5 rings (SSSR count). The lowest BCUT2D eigenvalue weighted by Gasteiger charge is -2.27. The van der Waals surface area contributed by atoms with Gasteiger partial charge in [0.25, 0.3) is 0 Å². The van der Waals surface area contributed by atoms with E-state index in [0.29, 0.717) is 13.0 Å². The summed E-state index contributed by atoms with van der Waals surface area (Å²) in [6.45, 7) is 0.679. The predicted molar refractivity (Wildman–Crippen MR) is 110 cm³/mol. The Morgan fingerprint density at radius 1 is 1.03 bits per heavy atom. The van der Waals surface area contributed by atoms with Crippen molar-refractivity contribution in [3.8, 4) is 5.69 Å². The van der Waals surface area contributed by atoms with Gasteiger partial charge < -0.3 is 5.32 Å². The van der Waals surface area contributed by atoms with Gasteiger partial charge in [0.1, 0.15) is 5.82 Å². The van der Waals surface area contributed by atoms with Gasteiger partial charge in [-0.3, -0.25) is 4.79 Å². The van der Waals surface area contributed by atoms with Crippen LogP contribution in [0.15, 0.2) is 79.0 Å². The Labute approximate surface area is 168 Å². The summed E-state index contributed by atoms with van der Waals surface area (Å²) in [5, 5.41) is 8.46.